The highest BCUT2D eigenvalue weighted by molar-refractivity contribution is 6.09. The van der Waals surface area contributed by atoms with Crippen LogP contribution in [-0.4, -0.2) is 4.57 Å². The second-order valence-corrected chi connectivity index (χ2v) is 6.98. The van der Waals surface area contributed by atoms with Crippen molar-refractivity contribution < 1.29 is 0 Å². The number of hydrogen-bond acceptors (Lipinski definition) is 0. The Kier molecular flexibility index (Phi) is 3.96. The van der Waals surface area contributed by atoms with Crippen molar-refractivity contribution >= 4 is 21.8 Å². The summed E-state index contributed by atoms with van der Waals surface area (Å²) in [6.45, 7) is 2.10. The number of aromatic nitrogens is 1. The molecular weight excluding hydrogens is 338 g/mol. The fraction of sp³-hybridized carbons (Fsp3) is 0.0370. The van der Waals surface area contributed by atoms with Crippen LogP contribution < -0.4 is 0 Å². The Morgan fingerprint density at radius 3 is 2.18 bits per heavy atom. The van der Waals surface area contributed by atoms with Crippen LogP contribution in [0.25, 0.3) is 27.5 Å². The smallest absolute Gasteiger partial charge is 0.0541 e. The van der Waals surface area contributed by atoms with Crippen LogP contribution >= 0.6 is 0 Å². The van der Waals surface area contributed by atoms with E-state index in [1.807, 2.05) is 12.1 Å². The third kappa shape index (κ3) is 2.76. The molecule has 4 aromatic carbocycles. The molecule has 1 aromatic heterocycles. The molecular formula is C27H19N. The summed E-state index contributed by atoms with van der Waals surface area (Å²) in [4.78, 5) is 0. The lowest BCUT2D eigenvalue weighted by molar-refractivity contribution is 1.18. The van der Waals surface area contributed by atoms with E-state index in [0.29, 0.717) is 0 Å². The number of fused-ring (bicyclic) bond motifs is 3. The zero-order chi connectivity index (χ0) is 18.9. The monoisotopic (exact) mass is 357 g/mol. The maximum Gasteiger partial charge on any atom is 0.0541 e. The van der Waals surface area contributed by atoms with E-state index >= 15 is 0 Å². The third-order valence-corrected chi connectivity index (χ3v) is 5.17. The van der Waals surface area contributed by atoms with Crippen molar-refractivity contribution in [2.24, 2.45) is 0 Å². The van der Waals surface area contributed by atoms with E-state index in [2.05, 4.69) is 108 Å². The average Bonchev–Trinajstić information content (AvgIpc) is 3.08. The highest BCUT2D eigenvalue weighted by Gasteiger charge is 2.11. The van der Waals surface area contributed by atoms with Crippen LogP contribution in [0, 0.1) is 18.8 Å². The van der Waals surface area contributed by atoms with E-state index in [1.54, 1.807) is 0 Å². The minimum absolute atomic E-state index is 1.03. The van der Waals surface area contributed by atoms with Crippen molar-refractivity contribution in [3.8, 4) is 17.5 Å². The van der Waals surface area contributed by atoms with Gasteiger partial charge in [0.2, 0.25) is 0 Å². The third-order valence-electron chi connectivity index (χ3n) is 5.17. The zero-order valence-electron chi connectivity index (χ0n) is 15.7. The van der Waals surface area contributed by atoms with E-state index in [-0.39, 0.29) is 0 Å². The second kappa shape index (κ2) is 6.76. The number of nitrogens with zero attached hydrogens (tertiary/aromatic N) is 1. The maximum atomic E-state index is 3.35. The Morgan fingerprint density at radius 2 is 1.32 bits per heavy atom. The molecule has 0 fully saturated rings. The van der Waals surface area contributed by atoms with Gasteiger partial charge in [-0.25, -0.2) is 0 Å². The van der Waals surface area contributed by atoms with Gasteiger partial charge in [-0.05, 0) is 55.0 Å². The van der Waals surface area contributed by atoms with Gasteiger partial charge in [0.05, 0.1) is 11.0 Å². The van der Waals surface area contributed by atoms with Gasteiger partial charge >= 0.3 is 0 Å². The minimum atomic E-state index is 1.03. The zero-order valence-corrected chi connectivity index (χ0v) is 15.7. The predicted molar refractivity (Wildman–Crippen MR) is 118 cm³/mol. The van der Waals surface area contributed by atoms with Crippen molar-refractivity contribution in [3.63, 3.8) is 0 Å². The lowest BCUT2D eigenvalue weighted by atomic mass is 10.1. The van der Waals surface area contributed by atoms with Crippen LogP contribution in [0.1, 0.15) is 16.7 Å². The molecule has 0 aliphatic heterocycles. The largest absolute Gasteiger partial charge is 0.309 e. The topological polar surface area (TPSA) is 4.93 Å². The van der Waals surface area contributed by atoms with E-state index in [1.165, 1.54) is 33.1 Å². The lowest BCUT2D eigenvalue weighted by Gasteiger charge is -2.07. The lowest BCUT2D eigenvalue weighted by Crippen LogP contribution is -1.92. The summed E-state index contributed by atoms with van der Waals surface area (Å²) in [6.07, 6.45) is 0. The first-order valence-electron chi connectivity index (χ1n) is 9.47. The second-order valence-electron chi connectivity index (χ2n) is 6.98. The van der Waals surface area contributed by atoms with Crippen molar-refractivity contribution in [1.82, 2.24) is 4.57 Å². The summed E-state index contributed by atoms with van der Waals surface area (Å²) in [5.74, 6) is 6.67. The molecule has 1 heterocycles. The fourth-order valence-corrected chi connectivity index (χ4v) is 3.76. The molecule has 0 saturated heterocycles. The van der Waals surface area contributed by atoms with Crippen LogP contribution in [0.3, 0.4) is 0 Å². The summed E-state index contributed by atoms with van der Waals surface area (Å²) in [5.41, 5.74) is 6.91. The van der Waals surface area contributed by atoms with Gasteiger partial charge in [0, 0.05) is 27.6 Å². The summed E-state index contributed by atoms with van der Waals surface area (Å²) >= 11 is 0. The molecule has 5 aromatic rings. The van der Waals surface area contributed by atoms with Gasteiger partial charge in [0.25, 0.3) is 0 Å². The Morgan fingerprint density at radius 1 is 0.607 bits per heavy atom. The molecule has 0 N–H and O–H groups in total. The minimum Gasteiger partial charge on any atom is -0.309 e. The van der Waals surface area contributed by atoms with E-state index in [0.717, 1.165) is 11.1 Å². The van der Waals surface area contributed by atoms with Gasteiger partial charge in [-0.1, -0.05) is 66.4 Å². The molecule has 0 unspecified atom stereocenters. The molecule has 0 aliphatic carbocycles. The molecule has 5 rings (SSSR count). The summed E-state index contributed by atoms with van der Waals surface area (Å²) in [5, 5.41) is 2.48. The predicted octanol–water partition coefficient (Wildman–Crippen LogP) is 6.49. The van der Waals surface area contributed by atoms with Gasteiger partial charge in [-0.15, -0.1) is 0 Å². The summed E-state index contributed by atoms with van der Waals surface area (Å²) in [6, 6.07) is 33.8. The first-order valence-corrected chi connectivity index (χ1v) is 9.47. The van der Waals surface area contributed by atoms with E-state index in [9.17, 15) is 0 Å². The number of aryl methyl sites for hydroxylation is 1. The molecule has 0 amide bonds. The van der Waals surface area contributed by atoms with Crippen LogP contribution in [0.4, 0.5) is 0 Å². The highest BCUT2D eigenvalue weighted by atomic mass is 15.0. The van der Waals surface area contributed by atoms with Gasteiger partial charge < -0.3 is 4.57 Å². The number of benzene rings is 4. The van der Waals surface area contributed by atoms with Crippen molar-refractivity contribution in [2.75, 3.05) is 0 Å². The molecule has 0 saturated carbocycles. The molecule has 1 heteroatoms. The first-order chi connectivity index (χ1) is 13.8. The normalized spacial score (nSPS) is 10.8. The van der Waals surface area contributed by atoms with E-state index < -0.39 is 0 Å². The first kappa shape index (κ1) is 16.4. The molecule has 0 spiro atoms. The summed E-state index contributed by atoms with van der Waals surface area (Å²) in [7, 11) is 0. The van der Waals surface area contributed by atoms with Crippen LogP contribution in [-0.2, 0) is 0 Å². The fourth-order valence-electron chi connectivity index (χ4n) is 3.76. The summed E-state index contributed by atoms with van der Waals surface area (Å²) < 4.78 is 2.32. The van der Waals surface area contributed by atoms with Gasteiger partial charge in [0.1, 0.15) is 0 Å². The standard InChI is InChI=1S/C27H19N/c1-20-9-5-6-10-22(20)17-15-21-16-18-27-25(19-21)24-13-7-8-14-26(24)28(27)23-11-3-2-4-12-23/h2-14,16,18-19H,1H3. The van der Waals surface area contributed by atoms with Crippen molar-refractivity contribution in [2.45, 2.75) is 6.92 Å². The Labute approximate surface area is 164 Å². The molecule has 28 heavy (non-hydrogen) atoms. The molecule has 0 bridgehead atoms. The Balaban J connectivity index is 1.72. The maximum absolute atomic E-state index is 3.35. The van der Waals surface area contributed by atoms with Gasteiger partial charge in [-0.2, -0.15) is 0 Å². The van der Waals surface area contributed by atoms with Crippen LogP contribution in [0.2, 0.25) is 0 Å². The number of para-hydroxylation sites is 2. The molecule has 0 aliphatic rings. The quantitative estimate of drug-likeness (QED) is 0.302. The van der Waals surface area contributed by atoms with Crippen molar-refractivity contribution in [3.05, 3.63) is 114 Å². The Hall–Kier alpha value is -3.76. The average molecular weight is 357 g/mol. The SMILES string of the molecule is Cc1ccccc1C#Cc1ccc2c(c1)c1ccccc1n2-c1ccccc1. The van der Waals surface area contributed by atoms with Crippen LogP contribution in [0.15, 0.2) is 97.1 Å². The van der Waals surface area contributed by atoms with E-state index in [4.69, 9.17) is 0 Å². The van der Waals surface area contributed by atoms with Crippen LogP contribution in [0.5, 0.6) is 0 Å². The molecule has 132 valence electrons. The van der Waals surface area contributed by atoms with Gasteiger partial charge in [0.15, 0.2) is 0 Å². The van der Waals surface area contributed by atoms with Crippen molar-refractivity contribution in [1.29, 1.82) is 0 Å². The molecule has 0 radical (unpaired) electrons. The number of hydrogen-bond donors (Lipinski definition) is 0. The van der Waals surface area contributed by atoms with Gasteiger partial charge in [-0.3, -0.25) is 0 Å². The number of rotatable bonds is 1. The molecule has 1 nitrogen and oxygen atoms in total. The molecule has 0 atom stereocenters. The Bertz CT molecular complexity index is 1360. The highest BCUT2D eigenvalue weighted by Crippen LogP contribution is 2.32.